The summed E-state index contributed by atoms with van der Waals surface area (Å²) in [5.41, 5.74) is 2.04. The van der Waals surface area contributed by atoms with Gasteiger partial charge in [-0.25, -0.2) is 0 Å². The van der Waals surface area contributed by atoms with Crippen LogP contribution in [0.1, 0.15) is 24.2 Å². The highest BCUT2D eigenvalue weighted by atomic mass is 35.5. The molecule has 110 valence electrons. The van der Waals surface area contributed by atoms with Crippen molar-refractivity contribution >= 4 is 28.9 Å². The van der Waals surface area contributed by atoms with E-state index in [-0.39, 0.29) is 5.91 Å². The Bertz CT molecular complexity index is 626. The first-order valence-electron chi connectivity index (χ1n) is 6.91. The molecule has 0 radical (unpaired) electrons. The van der Waals surface area contributed by atoms with Gasteiger partial charge >= 0.3 is 0 Å². The Hall–Kier alpha value is -2.07. The van der Waals surface area contributed by atoms with Crippen LogP contribution in [0, 0.1) is 0 Å². The average molecular weight is 304 g/mol. The monoisotopic (exact) mass is 303 g/mol. The average Bonchev–Trinajstić information content (AvgIpc) is 2.51. The molecule has 21 heavy (non-hydrogen) atoms. The third kappa shape index (κ3) is 3.73. The number of rotatable bonds is 5. The second-order valence-corrected chi connectivity index (χ2v) is 4.95. The van der Waals surface area contributed by atoms with Crippen molar-refractivity contribution in [1.82, 2.24) is 4.98 Å². The molecule has 1 amide bonds. The molecule has 1 aromatic carbocycles. The maximum atomic E-state index is 12.3. The minimum Gasteiger partial charge on any atom is -0.371 e. The second-order valence-electron chi connectivity index (χ2n) is 4.54. The van der Waals surface area contributed by atoms with E-state index in [1.165, 1.54) is 0 Å². The first kappa shape index (κ1) is 15.3. The minimum atomic E-state index is -0.218. The number of carbonyl (C=O) groups is 1. The molecule has 0 spiro atoms. The number of carbonyl (C=O) groups excluding carboxylic acids is 1. The van der Waals surface area contributed by atoms with Crippen LogP contribution < -0.4 is 10.2 Å². The van der Waals surface area contributed by atoms with Crippen molar-refractivity contribution in [3.05, 3.63) is 53.3 Å². The van der Waals surface area contributed by atoms with Crippen LogP contribution >= 0.6 is 11.6 Å². The predicted molar refractivity (Wildman–Crippen MR) is 87.2 cm³/mol. The van der Waals surface area contributed by atoms with Crippen molar-refractivity contribution in [1.29, 1.82) is 0 Å². The lowest BCUT2D eigenvalue weighted by atomic mass is 10.2. The molecule has 2 aromatic rings. The summed E-state index contributed by atoms with van der Waals surface area (Å²) in [5.74, 6) is -0.218. The lowest BCUT2D eigenvalue weighted by molar-refractivity contribution is 0.102. The fourth-order valence-corrected chi connectivity index (χ4v) is 2.25. The molecule has 0 fully saturated rings. The Morgan fingerprint density at radius 3 is 2.62 bits per heavy atom. The Balaban J connectivity index is 2.20. The van der Waals surface area contributed by atoms with Crippen molar-refractivity contribution in [2.45, 2.75) is 13.8 Å². The molecule has 4 nitrogen and oxygen atoms in total. The van der Waals surface area contributed by atoms with Crippen LogP contribution in [0.25, 0.3) is 0 Å². The van der Waals surface area contributed by atoms with Gasteiger partial charge in [-0.3, -0.25) is 9.78 Å². The van der Waals surface area contributed by atoms with Crippen LogP contribution in [-0.4, -0.2) is 24.0 Å². The summed E-state index contributed by atoms with van der Waals surface area (Å²) >= 11 is 6.04. The summed E-state index contributed by atoms with van der Waals surface area (Å²) in [6, 6.07) is 8.99. The highest BCUT2D eigenvalue weighted by Gasteiger charge is 2.11. The Kier molecular flexibility index (Phi) is 5.17. The molecular weight excluding hydrogens is 286 g/mol. The van der Waals surface area contributed by atoms with Gasteiger partial charge in [0.1, 0.15) is 0 Å². The Morgan fingerprint density at radius 1 is 1.24 bits per heavy atom. The summed E-state index contributed by atoms with van der Waals surface area (Å²) in [6.45, 7) is 5.88. The van der Waals surface area contributed by atoms with E-state index in [9.17, 15) is 4.79 Å². The summed E-state index contributed by atoms with van der Waals surface area (Å²) in [6.07, 6.45) is 3.32. The van der Waals surface area contributed by atoms with Crippen LogP contribution in [-0.2, 0) is 0 Å². The molecule has 1 N–H and O–H groups in total. The number of nitrogens with one attached hydrogen (secondary N) is 1. The first-order valence-corrected chi connectivity index (χ1v) is 7.29. The molecule has 1 heterocycles. The van der Waals surface area contributed by atoms with E-state index in [4.69, 9.17) is 11.6 Å². The fourth-order valence-electron chi connectivity index (χ4n) is 2.07. The molecular formula is C16H18ClN3O. The van der Waals surface area contributed by atoms with Gasteiger partial charge in [0.15, 0.2) is 0 Å². The van der Waals surface area contributed by atoms with E-state index in [0.29, 0.717) is 16.3 Å². The molecule has 0 aliphatic rings. The van der Waals surface area contributed by atoms with E-state index in [2.05, 4.69) is 29.0 Å². The highest BCUT2D eigenvalue weighted by Crippen LogP contribution is 2.22. The zero-order valence-corrected chi connectivity index (χ0v) is 12.9. The fraction of sp³-hybridized carbons (Fsp3) is 0.250. The van der Waals surface area contributed by atoms with Gasteiger partial charge in [-0.15, -0.1) is 0 Å². The topological polar surface area (TPSA) is 45.2 Å². The van der Waals surface area contributed by atoms with Gasteiger partial charge in [0, 0.05) is 19.3 Å². The number of pyridine rings is 1. The van der Waals surface area contributed by atoms with Gasteiger partial charge in [0.05, 0.1) is 28.2 Å². The van der Waals surface area contributed by atoms with Crippen LogP contribution in [0.3, 0.4) is 0 Å². The van der Waals surface area contributed by atoms with Crippen molar-refractivity contribution in [3.63, 3.8) is 0 Å². The van der Waals surface area contributed by atoms with Crippen molar-refractivity contribution in [2.75, 3.05) is 23.3 Å². The largest absolute Gasteiger partial charge is 0.371 e. The van der Waals surface area contributed by atoms with Crippen LogP contribution in [0.15, 0.2) is 42.7 Å². The molecule has 1 aromatic heterocycles. The molecule has 5 heteroatoms. The van der Waals surface area contributed by atoms with E-state index >= 15 is 0 Å². The standard InChI is InChI=1S/C16H18ClN3O/c1-3-20(4-2)13-9-12(10-18-11-13)16(21)19-15-8-6-5-7-14(15)17/h5-11H,3-4H2,1-2H3,(H,19,21). The Labute approximate surface area is 129 Å². The summed E-state index contributed by atoms with van der Waals surface area (Å²) in [7, 11) is 0. The van der Waals surface area contributed by atoms with Crippen LogP contribution in [0.2, 0.25) is 5.02 Å². The van der Waals surface area contributed by atoms with Gasteiger partial charge in [0.2, 0.25) is 0 Å². The van der Waals surface area contributed by atoms with E-state index < -0.39 is 0 Å². The van der Waals surface area contributed by atoms with Crippen molar-refractivity contribution in [3.8, 4) is 0 Å². The number of anilines is 2. The smallest absolute Gasteiger partial charge is 0.257 e. The SMILES string of the molecule is CCN(CC)c1cncc(C(=O)Nc2ccccc2Cl)c1. The second kappa shape index (κ2) is 7.09. The predicted octanol–water partition coefficient (Wildman–Crippen LogP) is 3.83. The lowest BCUT2D eigenvalue weighted by Gasteiger charge is -2.20. The zero-order valence-electron chi connectivity index (χ0n) is 12.1. The van der Waals surface area contributed by atoms with Gasteiger partial charge in [-0.2, -0.15) is 0 Å². The molecule has 0 saturated heterocycles. The van der Waals surface area contributed by atoms with E-state index in [0.717, 1.165) is 18.8 Å². The highest BCUT2D eigenvalue weighted by molar-refractivity contribution is 6.33. The maximum Gasteiger partial charge on any atom is 0.257 e. The first-order chi connectivity index (χ1) is 10.2. The van der Waals surface area contributed by atoms with Crippen molar-refractivity contribution in [2.24, 2.45) is 0 Å². The van der Waals surface area contributed by atoms with Gasteiger partial charge in [-0.1, -0.05) is 23.7 Å². The van der Waals surface area contributed by atoms with Crippen LogP contribution in [0.4, 0.5) is 11.4 Å². The van der Waals surface area contributed by atoms with E-state index in [1.54, 1.807) is 24.5 Å². The number of aromatic nitrogens is 1. The van der Waals surface area contributed by atoms with Gasteiger partial charge in [0.25, 0.3) is 5.91 Å². The third-order valence-corrected chi connectivity index (χ3v) is 3.57. The third-order valence-electron chi connectivity index (χ3n) is 3.24. The number of amides is 1. The minimum absolute atomic E-state index is 0.218. The summed E-state index contributed by atoms with van der Waals surface area (Å²) in [5, 5.41) is 3.31. The number of para-hydroxylation sites is 1. The summed E-state index contributed by atoms with van der Waals surface area (Å²) < 4.78 is 0. The number of halogens is 1. The maximum absolute atomic E-state index is 12.3. The zero-order chi connectivity index (χ0) is 15.2. The normalized spacial score (nSPS) is 10.2. The quantitative estimate of drug-likeness (QED) is 0.913. The Morgan fingerprint density at radius 2 is 1.95 bits per heavy atom. The molecule has 2 rings (SSSR count). The molecule has 0 atom stereocenters. The lowest BCUT2D eigenvalue weighted by Crippen LogP contribution is -2.22. The van der Waals surface area contributed by atoms with E-state index in [1.807, 2.05) is 18.2 Å². The molecule has 0 aliphatic heterocycles. The number of benzene rings is 1. The van der Waals surface area contributed by atoms with Gasteiger partial charge < -0.3 is 10.2 Å². The molecule has 0 unspecified atom stereocenters. The van der Waals surface area contributed by atoms with Crippen LogP contribution in [0.5, 0.6) is 0 Å². The number of hydrogen-bond donors (Lipinski definition) is 1. The number of hydrogen-bond acceptors (Lipinski definition) is 3. The number of nitrogens with zero attached hydrogens (tertiary/aromatic N) is 2. The molecule has 0 bridgehead atoms. The van der Waals surface area contributed by atoms with Gasteiger partial charge in [-0.05, 0) is 32.0 Å². The molecule has 0 saturated carbocycles. The van der Waals surface area contributed by atoms with Crippen molar-refractivity contribution < 1.29 is 4.79 Å². The molecule has 0 aliphatic carbocycles. The summed E-state index contributed by atoms with van der Waals surface area (Å²) in [4.78, 5) is 18.6.